The van der Waals surface area contributed by atoms with Gasteiger partial charge < -0.3 is 5.73 Å². The van der Waals surface area contributed by atoms with Gasteiger partial charge in [0.15, 0.2) is 0 Å². The number of hydrogen-bond acceptors (Lipinski definition) is 1. The summed E-state index contributed by atoms with van der Waals surface area (Å²) in [7, 11) is 0. The van der Waals surface area contributed by atoms with Gasteiger partial charge in [-0.25, -0.2) is 0 Å². The predicted molar refractivity (Wildman–Crippen MR) is 40.1 cm³/mol. The fourth-order valence-corrected chi connectivity index (χ4v) is 1.41. The van der Waals surface area contributed by atoms with E-state index in [0.717, 1.165) is 5.92 Å². The first-order valence-electron chi connectivity index (χ1n) is 3.65. The van der Waals surface area contributed by atoms with Crippen LogP contribution in [0.25, 0.3) is 0 Å². The Hall–Kier alpha value is -0.300. The predicted octanol–water partition coefficient (Wildman–Crippen LogP) is 1.69. The third-order valence-corrected chi connectivity index (χ3v) is 2.17. The summed E-state index contributed by atoms with van der Waals surface area (Å²) in [6.45, 7) is 4.22. The molecule has 0 spiro atoms. The summed E-state index contributed by atoms with van der Waals surface area (Å²) in [6, 6.07) is 0. The molecule has 1 heteroatoms. The molecule has 0 heterocycles. The van der Waals surface area contributed by atoms with Crippen LogP contribution in [0.2, 0.25) is 0 Å². The van der Waals surface area contributed by atoms with E-state index in [1.54, 1.807) is 0 Å². The molecule has 52 valence electrons. The van der Waals surface area contributed by atoms with Gasteiger partial charge in [-0.2, -0.15) is 0 Å². The molecule has 0 unspecified atom stereocenters. The maximum absolute atomic E-state index is 5.93. The lowest BCUT2D eigenvalue weighted by molar-refractivity contribution is 0.682. The number of nitrogens with two attached hydrogens (primary N) is 1. The van der Waals surface area contributed by atoms with Crippen LogP contribution in [-0.2, 0) is 0 Å². The van der Waals surface area contributed by atoms with Crippen molar-refractivity contribution in [2.45, 2.75) is 32.2 Å². The van der Waals surface area contributed by atoms with Gasteiger partial charge in [0.25, 0.3) is 0 Å². The van der Waals surface area contributed by atoms with Crippen molar-refractivity contribution in [2.75, 3.05) is 0 Å². The molecule has 0 aliphatic heterocycles. The topological polar surface area (TPSA) is 26.0 Å². The fourth-order valence-electron chi connectivity index (χ4n) is 1.41. The van der Waals surface area contributed by atoms with Gasteiger partial charge in [-0.1, -0.05) is 25.5 Å². The summed E-state index contributed by atoms with van der Waals surface area (Å²) < 4.78 is 0. The highest BCUT2D eigenvalue weighted by Crippen LogP contribution is 2.44. The van der Waals surface area contributed by atoms with Gasteiger partial charge in [0.1, 0.15) is 0 Å². The average molecular weight is 125 g/mol. The first-order chi connectivity index (χ1) is 4.23. The van der Waals surface area contributed by atoms with E-state index in [-0.39, 0.29) is 5.54 Å². The highest BCUT2D eigenvalue weighted by Gasteiger charge is 2.46. The molecule has 1 saturated carbocycles. The van der Waals surface area contributed by atoms with Gasteiger partial charge in [-0.15, -0.1) is 0 Å². The van der Waals surface area contributed by atoms with E-state index in [4.69, 9.17) is 5.73 Å². The maximum Gasteiger partial charge on any atom is 0.0371 e. The summed E-state index contributed by atoms with van der Waals surface area (Å²) in [4.78, 5) is 0. The van der Waals surface area contributed by atoms with Gasteiger partial charge in [-0.05, 0) is 19.3 Å². The Morgan fingerprint density at radius 1 is 1.78 bits per heavy atom. The molecule has 1 aliphatic rings. The van der Waals surface area contributed by atoms with E-state index in [1.165, 1.54) is 12.8 Å². The summed E-state index contributed by atoms with van der Waals surface area (Å²) >= 11 is 0. The highest BCUT2D eigenvalue weighted by atomic mass is 14.8. The Morgan fingerprint density at radius 2 is 2.44 bits per heavy atom. The molecule has 0 amide bonds. The lowest BCUT2D eigenvalue weighted by Gasteiger charge is -2.00. The molecule has 2 atom stereocenters. The van der Waals surface area contributed by atoms with Crippen LogP contribution in [0.4, 0.5) is 0 Å². The Kier molecular flexibility index (Phi) is 1.62. The minimum absolute atomic E-state index is 0.0868. The third-order valence-electron chi connectivity index (χ3n) is 2.17. The molecular weight excluding hydrogens is 110 g/mol. The zero-order valence-electron chi connectivity index (χ0n) is 6.22. The number of rotatable bonds is 2. The molecule has 0 radical (unpaired) electrons. The van der Waals surface area contributed by atoms with Gasteiger partial charge in [0.2, 0.25) is 0 Å². The molecule has 1 fully saturated rings. The van der Waals surface area contributed by atoms with Crippen molar-refractivity contribution in [1.82, 2.24) is 0 Å². The Balaban J connectivity index is 2.42. The number of allylic oxidation sites excluding steroid dienone is 1. The Morgan fingerprint density at radius 3 is 2.78 bits per heavy atom. The third kappa shape index (κ3) is 1.16. The van der Waals surface area contributed by atoms with E-state index >= 15 is 0 Å². The number of hydrogen-bond donors (Lipinski definition) is 1. The second kappa shape index (κ2) is 2.14. The van der Waals surface area contributed by atoms with Gasteiger partial charge in [0, 0.05) is 5.54 Å². The molecule has 0 aromatic carbocycles. The second-order valence-electron chi connectivity index (χ2n) is 2.92. The SMILES string of the molecule is CC=C[C@]1(N)C[C@H]1CC. The van der Waals surface area contributed by atoms with Crippen molar-refractivity contribution in [2.24, 2.45) is 11.7 Å². The van der Waals surface area contributed by atoms with Crippen molar-refractivity contribution < 1.29 is 0 Å². The van der Waals surface area contributed by atoms with E-state index in [2.05, 4.69) is 19.1 Å². The highest BCUT2D eigenvalue weighted by molar-refractivity contribution is 5.19. The normalized spacial score (nSPS) is 41.9. The van der Waals surface area contributed by atoms with Gasteiger partial charge >= 0.3 is 0 Å². The zero-order chi connectivity index (χ0) is 6.91. The molecule has 0 saturated heterocycles. The van der Waals surface area contributed by atoms with Crippen LogP contribution in [0.15, 0.2) is 12.2 Å². The summed E-state index contributed by atoms with van der Waals surface area (Å²) in [5.41, 5.74) is 6.01. The summed E-state index contributed by atoms with van der Waals surface area (Å²) in [5.74, 6) is 0.758. The molecule has 2 N–H and O–H groups in total. The first-order valence-corrected chi connectivity index (χ1v) is 3.65. The molecule has 1 nitrogen and oxygen atoms in total. The smallest absolute Gasteiger partial charge is 0.0371 e. The van der Waals surface area contributed by atoms with Crippen molar-refractivity contribution in [3.05, 3.63) is 12.2 Å². The Labute approximate surface area is 56.9 Å². The Bertz CT molecular complexity index is 129. The van der Waals surface area contributed by atoms with Crippen molar-refractivity contribution in [3.8, 4) is 0 Å². The van der Waals surface area contributed by atoms with Gasteiger partial charge in [0.05, 0.1) is 0 Å². The summed E-state index contributed by atoms with van der Waals surface area (Å²) in [6.07, 6.45) is 6.59. The van der Waals surface area contributed by atoms with E-state index in [9.17, 15) is 0 Å². The van der Waals surface area contributed by atoms with Crippen LogP contribution in [0.3, 0.4) is 0 Å². The molecule has 0 aromatic rings. The van der Waals surface area contributed by atoms with Crippen LogP contribution in [0.1, 0.15) is 26.7 Å². The van der Waals surface area contributed by atoms with Crippen molar-refractivity contribution in [3.63, 3.8) is 0 Å². The van der Waals surface area contributed by atoms with Crippen LogP contribution < -0.4 is 5.73 Å². The maximum atomic E-state index is 5.93. The minimum atomic E-state index is 0.0868. The van der Waals surface area contributed by atoms with E-state index < -0.39 is 0 Å². The van der Waals surface area contributed by atoms with E-state index in [1.807, 2.05) is 6.92 Å². The summed E-state index contributed by atoms with van der Waals surface area (Å²) in [5, 5.41) is 0. The largest absolute Gasteiger partial charge is 0.322 e. The van der Waals surface area contributed by atoms with Crippen LogP contribution in [0.5, 0.6) is 0 Å². The molecule has 1 rings (SSSR count). The lowest BCUT2D eigenvalue weighted by atomic mass is 10.2. The molecule has 0 bridgehead atoms. The second-order valence-corrected chi connectivity index (χ2v) is 2.92. The van der Waals surface area contributed by atoms with Crippen LogP contribution in [-0.4, -0.2) is 5.54 Å². The van der Waals surface area contributed by atoms with Crippen molar-refractivity contribution in [1.29, 1.82) is 0 Å². The van der Waals surface area contributed by atoms with Gasteiger partial charge in [-0.3, -0.25) is 0 Å². The zero-order valence-corrected chi connectivity index (χ0v) is 6.22. The first kappa shape index (κ1) is 6.81. The average Bonchev–Trinajstić information content (AvgIpc) is 2.43. The molecule has 9 heavy (non-hydrogen) atoms. The molecule has 0 aromatic heterocycles. The quantitative estimate of drug-likeness (QED) is 0.558. The van der Waals surface area contributed by atoms with Crippen LogP contribution >= 0.6 is 0 Å². The molecule has 1 aliphatic carbocycles. The fraction of sp³-hybridized carbons (Fsp3) is 0.750. The minimum Gasteiger partial charge on any atom is -0.322 e. The van der Waals surface area contributed by atoms with E-state index in [0.29, 0.717) is 0 Å². The lowest BCUT2D eigenvalue weighted by Crippen LogP contribution is -2.21. The van der Waals surface area contributed by atoms with Crippen molar-refractivity contribution >= 4 is 0 Å². The standard InChI is InChI=1S/C8H15N/c1-3-5-8(9)6-7(8)4-2/h3,5,7H,4,6,9H2,1-2H3/t7-,8+/m1/s1. The molecular formula is C8H15N. The monoisotopic (exact) mass is 125 g/mol. The van der Waals surface area contributed by atoms with Crippen LogP contribution in [0, 0.1) is 5.92 Å².